The first kappa shape index (κ1) is 12.7. The molecule has 0 saturated carbocycles. The van der Waals surface area contributed by atoms with Gasteiger partial charge in [0.1, 0.15) is 6.10 Å². The molecule has 15 heavy (non-hydrogen) atoms. The maximum atomic E-state index is 9.78. The number of nitrogens with zero attached hydrogens (tertiary/aromatic N) is 1. The quantitative estimate of drug-likeness (QED) is 0.749. The molecule has 0 aromatic carbocycles. The second kappa shape index (κ2) is 5.63. The van der Waals surface area contributed by atoms with Gasteiger partial charge in [-0.1, -0.05) is 23.2 Å². The number of aliphatic hydroxyl groups excluding tert-OH is 2. The number of nitrogens with two attached hydrogens (primary N) is 1. The van der Waals surface area contributed by atoms with Crippen LogP contribution in [0.4, 0.5) is 0 Å². The second-order valence-corrected chi connectivity index (χ2v) is 3.92. The number of pyridine rings is 1. The van der Waals surface area contributed by atoms with Gasteiger partial charge in [0.25, 0.3) is 0 Å². The van der Waals surface area contributed by atoms with Crippen molar-refractivity contribution in [1.82, 2.24) is 4.98 Å². The molecule has 1 rings (SSSR count). The van der Waals surface area contributed by atoms with Crippen molar-refractivity contribution in [3.05, 3.63) is 28.0 Å². The van der Waals surface area contributed by atoms with Gasteiger partial charge in [0.2, 0.25) is 0 Å². The summed E-state index contributed by atoms with van der Waals surface area (Å²) in [4.78, 5) is 3.75. The Bertz CT molecular complexity index is 316. The van der Waals surface area contributed by atoms with E-state index in [-0.39, 0.29) is 28.6 Å². The van der Waals surface area contributed by atoms with Crippen LogP contribution in [0.25, 0.3) is 0 Å². The molecule has 1 aromatic heterocycles. The van der Waals surface area contributed by atoms with Crippen LogP contribution < -0.4 is 5.73 Å². The van der Waals surface area contributed by atoms with E-state index in [1.54, 1.807) is 0 Å². The van der Waals surface area contributed by atoms with Crippen LogP contribution >= 0.6 is 23.2 Å². The minimum atomic E-state index is -1.14. The lowest BCUT2D eigenvalue weighted by Gasteiger charge is -2.19. The Morgan fingerprint density at radius 3 is 2.27 bits per heavy atom. The zero-order chi connectivity index (χ0) is 11.4. The Labute approximate surface area is 97.6 Å². The van der Waals surface area contributed by atoms with Crippen molar-refractivity contribution in [2.75, 3.05) is 6.54 Å². The third-order valence-electron chi connectivity index (χ3n) is 2.01. The molecule has 1 heterocycles. The highest BCUT2D eigenvalue weighted by Gasteiger charge is 2.22. The summed E-state index contributed by atoms with van der Waals surface area (Å²) in [5, 5.41) is 19.8. The van der Waals surface area contributed by atoms with Crippen molar-refractivity contribution in [2.45, 2.75) is 18.6 Å². The molecule has 0 radical (unpaired) electrons. The van der Waals surface area contributed by atoms with Crippen LogP contribution in [0.15, 0.2) is 12.4 Å². The summed E-state index contributed by atoms with van der Waals surface area (Å²) < 4.78 is 0. The molecule has 2 atom stereocenters. The van der Waals surface area contributed by atoms with E-state index in [0.29, 0.717) is 0 Å². The molecule has 0 bridgehead atoms. The zero-order valence-corrected chi connectivity index (χ0v) is 9.41. The standard InChI is InChI=1S/C9H12Cl2N2O2/c10-5-3-13-4-6(11)8(5)9(15)7(14)1-2-12/h3-4,7,9,14-15H,1-2,12H2. The van der Waals surface area contributed by atoms with E-state index in [2.05, 4.69) is 4.98 Å². The maximum absolute atomic E-state index is 9.78. The molecule has 4 N–H and O–H groups in total. The van der Waals surface area contributed by atoms with Crippen LogP contribution in [0.3, 0.4) is 0 Å². The molecule has 0 aliphatic heterocycles. The smallest absolute Gasteiger partial charge is 0.108 e. The van der Waals surface area contributed by atoms with Gasteiger partial charge in [-0.2, -0.15) is 0 Å². The van der Waals surface area contributed by atoms with Gasteiger partial charge < -0.3 is 15.9 Å². The molecule has 0 spiro atoms. The molecule has 2 unspecified atom stereocenters. The van der Waals surface area contributed by atoms with E-state index in [0.717, 1.165) is 0 Å². The normalized spacial score (nSPS) is 15.0. The fraction of sp³-hybridized carbons (Fsp3) is 0.444. The minimum Gasteiger partial charge on any atom is -0.390 e. The van der Waals surface area contributed by atoms with Crippen LogP contribution in [-0.2, 0) is 0 Å². The number of aliphatic hydroxyl groups is 2. The summed E-state index contributed by atoms with van der Waals surface area (Å²) in [7, 11) is 0. The second-order valence-electron chi connectivity index (χ2n) is 3.11. The van der Waals surface area contributed by atoms with Crippen molar-refractivity contribution in [3.63, 3.8) is 0 Å². The van der Waals surface area contributed by atoms with Gasteiger partial charge in [-0.25, -0.2) is 0 Å². The summed E-state index contributed by atoms with van der Waals surface area (Å²) >= 11 is 11.6. The lowest BCUT2D eigenvalue weighted by Crippen LogP contribution is -2.22. The van der Waals surface area contributed by atoms with Gasteiger partial charge in [-0.05, 0) is 13.0 Å². The van der Waals surface area contributed by atoms with Crippen molar-refractivity contribution in [2.24, 2.45) is 5.73 Å². The van der Waals surface area contributed by atoms with E-state index < -0.39 is 12.2 Å². The van der Waals surface area contributed by atoms with E-state index in [9.17, 15) is 10.2 Å². The number of hydrogen-bond donors (Lipinski definition) is 3. The summed E-state index contributed by atoms with van der Waals surface area (Å²) in [5.41, 5.74) is 5.56. The van der Waals surface area contributed by atoms with Gasteiger partial charge in [0.05, 0.1) is 16.1 Å². The molecule has 0 fully saturated rings. The van der Waals surface area contributed by atoms with Crippen molar-refractivity contribution in [1.29, 1.82) is 0 Å². The van der Waals surface area contributed by atoms with Gasteiger partial charge in [-0.15, -0.1) is 0 Å². The average Bonchev–Trinajstić information content (AvgIpc) is 2.17. The Balaban J connectivity index is 2.94. The Morgan fingerprint density at radius 1 is 1.27 bits per heavy atom. The first-order chi connectivity index (χ1) is 7.07. The van der Waals surface area contributed by atoms with Crippen molar-refractivity contribution >= 4 is 23.2 Å². The van der Waals surface area contributed by atoms with Gasteiger partial charge in [-0.3, -0.25) is 4.98 Å². The van der Waals surface area contributed by atoms with E-state index in [1.165, 1.54) is 12.4 Å². The number of halogens is 2. The molecule has 6 heteroatoms. The number of hydrogen-bond acceptors (Lipinski definition) is 4. The highest BCUT2D eigenvalue weighted by Crippen LogP contribution is 2.31. The third kappa shape index (κ3) is 3.03. The van der Waals surface area contributed by atoms with Crippen LogP contribution in [0.1, 0.15) is 18.1 Å². The summed E-state index contributed by atoms with van der Waals surface area (Å²) in [5.74, 6) is 0. The Hall–Kier alpha value is -0.390. The highest BCUT2D eigenvalue weighted by molar-refractivity contribution is 6.35. The van der Waals surface area contributed by atoms with Crippen molar-refractivity contribution in [3.8, 4) is 0 Å². The minimum absolute atomic E-state index is 0.228. The van der Waals surface area contributed by atoms with Crippen LogP contribution in [0.2, 0.25) is 10.0 Å². The molecular weight excluding hydrogens is 239 g/mol. The predicted molar refractivity (Wildman–Crippen MR) is 58.9 cm³/mol. The molecule has 0 aliphatic carbocycles. The first-order valence-electron chi connectivity index (χ1n) is 4.43. The van der Waals surface area contributed by atoms with E-state index in [1.807, 2.05) is 0 Å². The van der Waals surface area contributed by atoms with Crippen molar-refractivity contribution < 1.29 is 10.2 Å². The zero-order valence-electron chi connectivity index (χ0n) is 7.90. The van der Waals surface area contributed by atoms with E-state index in [4.69, 9.17) is 28.9 Å². The molecular formula is C9H12Cl2N2O2. The average molecular weight is 251 g/mol. The monoisotopic (exact) mass is 250 g/mol. The molecule has 0 amide bonds. The fourth-order valence-corrected chi connectivity index (χ4v) is 1.81. The van der Waals surface area contributed by atoms with Gasteiger partial charge in [0.15, 0.2) is 0 Å². The summed E-state index contributed by atoms with van der Waals surface area (Å²) in [6.07, 6.45) is 0.877. The number of rotatable bonds is 4. The highest BCUT2D eigenvalue weighted by atomic mass is 35.5. The van der Waals surface area contributed by atoms with E-state index >= 15 is 0 Å². The Kier molecular flexibility index (Phi) is 4.76. The lowest BCUT2D eigenvalue weighted by molar-refractivity contribution is 0.0151. The van der Waals surface area contributed by atoms with Crippen LogP contribution in [0, 0.1) is 0 Å². The molecule has 1 aromatic rings. The molecule has 4 nitrogen and oxygen atoms in total. The lowest BCUT2D eigenvalue weighted by atomic mass is 10.0. The summed E-state index contributed by atoms with van der Waals surface area (Å²) in [6, 6.07) is 0. The molecule has 0 saturated heterocycles. The number of aromatic nitrogens is 1. The SMILES string of the molecule is NCCC(O)C(O)c1c(Cl)cncc1Cl. The largest absolute Gasteiger partial charge is 0.390 e. The summed E-state index contributed by atoms with van der Waals surface area (Å²) in [6.45, 7) is 0.276. The topological polar surface area (TPSA) is 79.4 Å². The third-order valence-corrected chi connectivity index (χ3v) is 2.62. The van der Waals surface area contributed by atoms with Crippen LogP contribution in [0.5, 0.6) is 0 Å². The Morgan fingerprint density at radius 2 is 1.80 bits per heavy atom. The van der Waals surface area contributed by atoms with Gasteiger partial charge in [0, 0.05) is 18.0 Å². The van der Waals surface area contributed by atoms with Crippen LogP contribution in [-0.4, -0.2) is 27.8 Å². The predicted octanol–water partition coefficient (Wildman–Crippen LogP) is 1.13. The van der Waals surface area contributed by atoms with Gasteiger partial charge >= 0.3 is 0 Å². The molecule has 84 valence electrons. The fourth-order valence-electron chi connectivity index (χ4n) is 1.22. The maximum Gasteiger partial charge on any atom is 0.108 e. The first-order valence-corrected chi connectivity index (χ1v) is 5.18. The molecule has 0 aliphatic rings.